The summed E-state index contributed by atoms with van der Waals surface area (Å²) in [6.07, 6.45) is 2.20. The molecule has 1 fully saturated rings. The minimum atomic E-state index is -0.223. The maximum atomic E-state index is 13.6. The summed E-state index contributed by atoms with van der Waals surface area (Å²) in [5, 5.41) is 0. The predicted molar refractivity (Wildman–Crippen MR) is 116 cm³/mol. The first-order chi connectivity index (χ1) is 13.9. The van der Waals surface area contributed by atoms with Crippen molar-refractivity contribution < 1.29 is 9.59 Å². The highest BCUT2D eigenvalue weighted by atomic mass is 16.2. The zero-order chi connectivity index (χ0) is 20.7. The number of carbonyl (C=O) groups excluding carboxylic acids is 2. The summed E-state index contributed by atoms with van der Waals surface area (Å²) in [4.78, 5) is 30.7. The second-order valence-corrected chi connectivity index (χ2v) is 8.52. The number of benzene rings is 2. The lowest BCUT2D eigenvalue weighted by atomic mass is 9.95. The number of anilines is 1. The molecule has 0 radical (unpaired) electrons. The highest BCUT2D eigenvalue weighted by Crippen LogP contribution is 2.37. The summed E-state index contributed by atoms with van der Waals surface area (Å²) in [6, 6.07) is 13.7. The lowest BCUT2D eigenvalue weighted by Gasteiger charge is -2.33. The van der Waals surface area contributed by atoms with Gasteiger partial charge < -0.3 is 4.90 Å². The van der Waals surface area contributed by atoms with Gasteiger partial charge in [0.05, 0.1) is 11.3 Å². The van der Waals surface area contributed by atoms with Crippen LogP contribution in [0.15, 0.2) is 48.2 Å². The molecule has 2 aliphatic heterocycles. The Morgan fingerprint density at radius 3 is 2.24 bits per heavy atom. The third-order valence-corrected chi connectivity index (χ3v) is 5.98. The molecule has 0 saturated carbocycles. The van der Waals surface area contributed by atoms with Gasteiger partial charge in [-0.15, -0.1) is 0 Å². The Labute approximate surface area is 172 Å². The highest BCUT2D eigenvalue weighted by Gasteiger charge is 2.43. The molecule has 2 aromatic carbocycles. The zero-order valence-corrected chi connectivity index (χ0v) is 17.7. The molecule has 0 aliphatic carbocycles. The van der Waals surface area contributed by atoms with Crippen LogP contribution < -0.4 is 4.90 Å². The molecule has 2 amide bonds. The van der Waals surface area contributed by atoms with Crippen LogP contribution in [0.25, 0.3) is 5.57 Å². The average Bonchev–Trinajstić information content (AvgIpc) is 2.93. The summed E-state index contributed by atoms with van der Waals surface area (Å²) in [5.41, 5.74) is 5.86. The number of imide groups is 1. The zero-order valence-electron chi connectivity index (χ0n) is 17.7. The molecule has 2 heterocycles. The molecule has 0 aromatic heterocycles. The van der Waals surface area contributed by atoms with Crippen LogP contribution in [-0.2, 0) is 9.59 Å². The maximum Gasteiger partial charge on any atom is 0.282 e. The second kappa shape index (κ2) is 7.51. The molecule has 150 valence electrons. The molecule has 4 rings (SSSR count). The van der Waals surface area contributed by atoms with Crippen LogP contribution in [0.1, 0.15) is 42.0 Å². The number of hydrogen-bond donors (Lipinski definition) is 0. The fourth-order valence-corrected chi connectivity index (χ4v) is 4.47. The lowest BCUT2D eigenvalue weighted by molar-refractivity contribution is -0.120. The third kappa shape index (κ3) is 3.48. The summed E-state index contributed by atoms with van der Waals surface area (Å²) < 4.78 is 0. The van der Waals surface area contributed by atoms with E-state index in [1.807, 2.05) is 57.2 Å². The Morgan fingerprint density at radius 2 is 1.59 bits per heavy atom. The van der Waals surface area contributed by atoms with Crippen molar-refractivity contribution in [2.24, 2.45) is 5.92 Å². The van der Waals surface area contributed by atoms with E-state index in [1.54, 1.807) is 0 Å². The van der Waals surface area contributed by atoms with Crippen LogP contribution >= 0.6 is 0 Å². The van der Waals surface area contributed by atoms with Gasteiger partial charge in [-0.05, 0) is 62.8 Å². The third-order valence-electron chi connectivity index (χ3n) is 5.98. The molecule has 1 atom stereocenters. The van der Waals surface area contributed by atoms with Crippen LogP contribution in [-0.4, -0.2) is 29.8 Å². The predicted octanol–water partition coefficient (Wildman–Crippen LogP) is 4.63. The standard InChI is InChI=1S/C25H28N2O2/c1-16-7-10-20(11-8-16)27-24(28)22(21-12-9-17(2)14-19(21)4)23(25(27)29)26-13-5-6-18(3)15-26/h7-12,14,18H,5-6,13,15H2,1-4H3. The summed E-state index contributed by atoms with van der Waals surface area (Å²) in [5.74, 6) is 0.0786. The van der Waals surface area contributed by atoms with Gasteiger partial charge in [0.2, 0.25) is 0 Å². The first-order valence-electron chi connectivity index (χ1n) is 10.4. The number of amides is 2. The molecule has 0 spiro atoms. The topological polar surface area (TPSA) is 40.6 Å². The average molecular weight is 389 g/mol. The number of nitrogens with zero attached hydrogens (tertiary/aromatic N) is 2. The fraction of sp³-hybridized carbons (Fsp3) is 0.360. The molecular weight excluding hydrogens is 360 g/mol. The number of hydrogen-bond acceptors (Lipinski definition) is 3. The van der Waals surface area contributed by atoms with E-state index in [0.29, 0.717) is 22.9 Å². The molecule has 4 heteroatoms. The Morgan fingerprint density at radius 1 is 0.897 bits per heavy atom. The summed E-state index contributed by atoms with van der Waals surface area (Å²) in [6.45, 7) is 9.88. The van der Waals surface area contributed by atoms with Crippen LogP contribution in [0.4, 0.5) is 5.69 Å². The fourth-order valence-electron chi connectivity index (χ4n) is 4.47. The van der Waals surface area contributed by atoms with Gasteiger partial charge in [0.1, 0.15) is 5.70 Å². The van der Waals surface area contributed by atoms with Crippen LogP contribution in [0, 0.1) is 26.7 Å². The van der Waals surface area contributed by atoms with E-state index >= 15 is 0 Å². The van der Waals surface area contributed by atoms with Crippen LogP contribution in [0.3, 0.4) is 0 Å². The van der Waals surface area contributed by atoms with Crippen LogP contribution in [0.5, 0.6) is 0 Å². The van der Waals surface area contributed by atoms with Crippen molar-refractivity contribution in [1.82, 2.24) is 4.90 Å². The normalized spacial score (nSPS) is 20.1. The van der Waals surface area contributed by atoms with E-state index in [4.69, 9.17) is 0 Å². The van der Waals surface area contributed by atoms with Crippen molar-refractivity contribution in [2.75, 3.05) is 18.0 Å². The van der Waals surface area contributed by atoms with Gasteiger partial charge >= 0.3 is 0 Å². The van der Waals surface area contributed by atoms with Crippen LogP contribution in [0.2, 0.25) is 0 Å². The van der Waals surface area contributed by atoms with Gasteiger partial charge in [0.15, 0.2) is 0 Å². The minimum Gasteiger partial charge on any atom is -0.366 e. The Hall–Kier alpha value is -2.88. The van der Waals surface area contributed by atoms with Gasteiger partial charge in [0.25, 0.3) is 11.8 Å². The van der Waals surface area contributed by atoms with Crippen molar-refractivity contribution in [3.05, 3.63) is 70.4 Å². The van der Waals surface area contributed by atoms with Crippen molar-refractivity contribution in [3.63, 3.8) is 0 Å². The van der Waals surface area contributed by atoms with E-state index in [-0.39, 0.29) is 11.8 Å². The number of rotatable bonds is 3. The van der Waals surface area contributed by atoms with Crippen molar-refractivity contribution in [1.29, 1.82) is 0 Å². The van der Waals surface area contributed by atoms with E-state index in [9.17, 15) is 9.59 Å². The second-order valence-electron chi connectivity index (χ2n) is 8.52. The Balaban J connectivity index is 1.85. The maximum absolute atomic E-state index is 13.6. The van der Waals surface area contributed by atoms with Gasteiger partial charge in [-0.25, -0.2) is 4.90 Å². The van der Waals surface area contributed by atoms with E-state index in [2.05, 4.69) is 17.9 Å². The highest BCUT2D eigenvalue weighted by molar-refractivity contribution is 6.45. The minimum absolute atomic E-state index is 0.206. The molecule has 4 nitrogen and oxygen atoms in total. The van der Waals surface area contributed by atoms with Crippen molar-refractivity contribution >= 4 is 23.1 Å². The largest absolute Gasteiger partial charge is 0.366 e. The molecular formula is C25H28N2O2. The summed E-state index contributed by atoms with van der Waals surface area (Å²) in [7, 11) is 0. The quantitative estimate of drug-likeness (QED) is 0.720. The molecule has 0 N–H and O–H groups in total. The van der Waals surface area contributed by atoms with E-state index in [1.165, 1.54) is 4.90 Å². The molecule has 2 aliphatic rings. The molecule has 1 saturated heterocycles. The Bertz CT molecular complexity index is 1000. The van der Waals surface area contributed by atoms with Gasteiger partial charge in [-0.1, -0.05) is 48.4 Å². The summed E-state index contributed by atoms with van der Waals surface area (Å²) >= 11 is 0. The first kappa shape index (κ1) is 19.4. The number of carbonyl (C=O) groups is 2. The number of piperidine rings is 1. The monoisotopic (exact) mass is 388 g/mol. The Kier molecular flexibility index (Phi) is 5.03. The van der Waals surface area contributed by atoms with E-state index in [0.717, 1.165) is 48.2 Å². The van der Waals surface area contributed by atoms with Crippen molar-refractivity contribution in [2.45, 2.75) is 40.5 Å². The number of likely N-dealkylation sites (tertiary alicyclic amines) is 1. The first-order valence-corrected chi connectivity index (χ1v) is 10.4. The number of aryl methyl sites for hydroxylation is 3. The molecule has 2 aromatic rings. The van der Waals surface area contributed by atoms with E-state index < -0.39 is 0 Å². The lowest BCUT2D eigenvalue weighted by Crippen LogP contribution is -2.39. The van der Waals surface area contributed by atoms with Gasteiger partial charge in [-0.3, -0.25) is 9.59 Å². The van der Waals surface area contributed by atoms with Gasteiger partial charge in [0, 0.05) is 13.1 Å². The smallest absolute Gasteiger partial charge is 0.282 e. The van der Waals surface area contributed by atoms with Crippen molar-refractivity contribution in [3.8, 4) is 0 Å². The molecule has 29 heavy (non-hydrogen) atoms. The SMILES string of the molecule is Cc1ccc(N2C(=O)C(c3ccc(C)cc3C)=C(N3CCCC(C)C3)C2=O)cc1. The van der Waals surface area contributed by atoms with Gasteiger partial charge in [-0.2, -0.15) is 0 Å². The molecule has 1 unspecified atom stereocenters. The molecule has 0 bridgehead atoms.